The zero-order valence-electron chi connectivity index (χ0n) is 26.2. The van der Waals surface area contributed by atoms with E-state index >= 15 is 0 Å². The molecule has 0 aromatic heterocycles. The first-order valence-corrected chi connectivity index (χ1v) is 17.4. The number of sulfonamides is 1. The van der Waals surface area contributed by atoms with Gasteiger partial charge in [0, 0.05) is 40.1 Å². The van der Waals surface area contributed by atoms with Gasteiger partial charge in [0.05, 0.1) is 17.7 Å². The number of carbonyl (C=O) groups is 2. The van der Waals surface area contributed by atoms with Crippen molar-refractivity contribution in [3.8, 4) is 5.75 Å². The molecule has 0 radical (unpaired) electrons. The van der Waals surface area contributed by atoms with E-state index in [0.717, 1.165) is 9.87 Å². The Morgan fingerprint density at radius 2 is 1.47 bits per heavy atom. The minimum atomic E-state index is -4.35. The zero-order valence-corrected chi connectivity index (χ0v) is 29.3. The number of hydrogen-bond acceptors (Lipinski definition) is 5. The molecule has 47 heavy (non-hydrogen) atoms. The fourth-order valence-electron chi connectivity index (χ4n) is 4.92. The van der Waals surface area contributed by atoms with Crippen LogP contribution in [0, 0.1) is 5.92 Å². The monoisotopic (exact) mass is 715 g/mol. The van der Waals surface area contributed by atoms with Gasteiger partial charge in [0.1, 0.15) is 18.3 Å². The van der Waals surface area contributed by atoms with Crippen molar-refractivity contribution in [3.63, 3.8) is 0 Å². The van der Waals surface area contributed by atoms with E-state index in [1.54, 1.807) is 42.5 Å². The van der Waals surface area contributed by atoms with Crippen molar-refractivity contribution < 1.29 is 22.7 Å². The average Bonchev–Trinajstić information content (AvgIpc) is 3.06. The predicted octanol–water partition coefficient (Wildman–Crippen LogP) is 7.26. The van der Waals surface area contributed by atoms with Gasteiger partial charge in [-0.05, 0) is 53.9 Å². The Bertz CT molecular complexity index is 1770. The molecule has 0 bridgehead atoms. The minimum absolute atomic E-state index is 0.0500. The number of nitrogens with zero attached hydrogens (tertiary/aromatic N) is 2. The molecule has 0 fully saturated rings. The molecule has 0 aliphatic heterocycles. The van der Waals surface area contributed by atoms with Gasteiger partial charge in [0.25, 0.3) is 10.0 Å². The number of nitrogens with one attached hydrogen (secondary N) is 1. The molecule has 0 heterocycles. The third kappa shape index (κ3) is 9.20. The molecule has 4 aromatic rings. The van der Waals surface area contributed by atoms with Crippen LogP contribution in [-0.2, 0) is 32.6 Å². The van der Waals surface area contributed by atoms with Gasteiger partial charge in [0.2, 0.25) is 11.8 Å². The van der Waals surface area contributed by atoms with Crippen molar-refractivity contribution in [2.75, 3.05) is 24.5 Å². The average molecular weight is 717 g/mol. The molecule has 0 saturated heterocycles. The Hall–Kier alpha value is -3.76. The SMILES string of the molecule is COc1ccc(Cl)cc1N(CC(=O)N(Cc1c(Cl)cccc1Cl)[C@@H](Cc1ccccc1)C(=O)NCC(C)C)S(=O)(=O)c1ccccc1. The Balaban J connectivity index is 1.87. The first-order chi connectivity index (χ1) is 22.4. The van der Waals surface area contributed by atoms with Crippen LogP contribution in [0.25, 0.3) is 0 Å². The highest BCUT2D eigenvalue weighted by Crippen LogP contribution is 2.35. The van der Waals surface area contributed by atoms with E-state index in [9.17, 15) is 18.0 Å². The summed E-state index contributed by atoms with van der Waals surface area (Å²) >= 11 is 19.5. The van der Waals surface area contributed by atoms with Gasteiger partial charge in [-0.15, -0.1) is 0 Å². The maximum Gasteiger partial charge on any atom is 0.264 e. The van der Waals surface area contributed by atoms with E-state index in [2.05, 4.69) is 5.32 Å². The van der Waals surface area contributed by atoms with Crippen LogP contribution >= 0.6 is 34.8 Å². The van der Waals surface area contributed by atoms with Crippen molar-refractivity contribution in [2.45, 2.75) is 37.8 Å². The molecule has 2 amide bonds. The first kappa shape index (κ1) is 36.1. The summed E-state index contributed by atoms with van der Waals surface area (Å²) in [6.45, 7) is 3.43. The van der Waals surface area contributed by atoms with Gasteiger partial charge in [-0.3, -0.25) is 13.9 Å². The van der Waals surface area contributed by atoms with E-state index in [4.69, 9.17) is 39.5 Å². The normalized spacial score (nSPS) is 12.0. The van der Waals surface area contributed by atoms with Crippen LogP contribution in [0.15, 0.2) is 102 Å². The van der Waals surface area contributed by atoms with Crippen LogP contribution in [0.3, 0.4) is 0 Å². The van der Waals surface area contributed by atoms with Crippen LogP contribution in [0.4, 0.5) is 5.69 Å². The fourth-order valence-corrected chi connectivity index (χ4v) is 7.04. The Kier molecular flexibility index (Phi) is 12.6. The third-order valence-corrected chi connectivity index (χ3v) is 10.1. The summed E-state index contributed by atoms with van der Waals surface area (Å²) in [7, 11) is -2.96. The van der Waals surface area contributed by atoms with E-state index in [1.807, 2.05) is 44.2 Å². The number of benzene rings is 4. The standard InChI is InChI=1S/C35H36Cl3N3O5S/c1-24(2)21-39-35(43)32(19-25-11-6-4-7-12-25)40(22-28-29(37)15-10-16-30(28)38)34(42)23-41(31-20-26(36)17-18-33(31)46-3)47(44,45)27-13-8-5-9-14-27/h4-18,20,24,32H,19,21-23H2,1-3H3,(H,39,43)/t32-/m0/s1. The Morgan fingerprint density at radius 3 is 2.06 bits per heavy atom. The van der Waals surface area contributed by atoms with Gasteiger partial charge in [-0.25, -0.2) is 8.42 Å². The summed E-state index contributed by atoms with van der Waals surface area (Å²) in [6.07, 6.45) is 0.143. The molecule has 8 nitrogen and oxygen atoms in total. The van der Waals surface area contributed by atoms with Crippen LogP contribution in [0.1, 0.15) is 25.0 Å². The molecule has 0 unspecified atom stereocenters. The molecule has 0 spiro atoms. The van der Waals surface area contributed by atoms with Crippen molar-refractivity contribution in [1.29, 1.82) is 0 Å². The van der Waals surface area contributed by atoms with Crippen molar-refractivity contribution in [2.24, 2.45) is 5.92 Å². The number of ether oxygens (including phenoxy) is 1. The summed E-state index contributed by atoms with van der Waals surface area (Å²) in [5.74, 6) is -0.766. The van der Waals surface area contributed by atoms with Crippen molar-refractivity contribution in [3.05, 3.63) is 123 Å². The molecular formula is C35H36Cl3N3O5S. The second-order valence-electron chi connectivity index (χ2n) is 11.2. The number of methoxy groups -OCH3 is 1. The van der Waals surface area contributed by atoms with Crippen LogP contribution < -0.4 is 14.4 Å². The van der Waals surface area contributed by atoms with E-state index < -0.39 is 34.4 Å². The maximum absolute atomic E-state index is 14.7. The van der Waals surface area contributed by atoms with Gasteiger partial charge in [-0.1, -0.05) is 103 Å². The third-order valence-electron chi connectivity index (χ3n) is 7.37. The number of carbonyl (C=O) groups excluding carboxylic acids is 2. The number of rotatable bonds is 14. The second-order valence-corrected chi connectivity index (χ2v) is 14.3. The van der Waals surface area contributed by atoms with E-state index in [1.165, 1.54) is 36.3 Å². The molecule has 1 N–H and O–H groups in total. The summed E-state index contributed by atoms with van der Waals surface area (Å²) in [5, 5.41) is 3.77. The van der Waals surface area contributed by atoms with Crippen molar-refractivity contribution >= 4 is 62.3 Å². The van der Waals surface area contributed by atoms with Crippen LogP contribution in [0.2, 0.25) is 15.1 Å². The zero-order chi connectivity index (χ0) is 34.1. The lowest BCUT2D eigenvalue weighted by atomic mass is 10.0. The van der Waals surface area contributed by atoms with Gasteiger partial charge >= 0.3 is 0 Å². The molecule has 4 aromatic carbocycles. The number of amides is 2. The smallest absolute Gasteiger partial charge is 0.264 e. The highest BCUT2D eigenvalue weighted by Gasteiger charge is 2.36. The molecule has 0 aliphatic carbocycles. The molecule has 248 valence electrons. The van der Waals surface area contributed by atoms with Crippen molar-refractivity contribution in [1.82, 2.24) is 10.2 Å². The predicted molar refractivity (Wildman–Crippen MR) is 188 cm³/mol. The van der Waals surface area contributed by atoms with Gasteiger partial charge in [0.15, 0.2) is 0 Å². The Labute approximate surface area is 291 Å². The fraction of sp³-hybridized carbons (Fsp3) is 0.257. The van der Waals surface area contributed by atoms with Gasteiger partial charge in [-0.2, -0.15) is 0 Å². The molecule has 12 heteroatoms. The highest BCUT2D eigenvalue weighted by molar-refractivity contribution is 7.92. The molecule has 0 saturated carbocycles. The summed E-state index contributed by atoms with van der Waals surface area (Å²) < 4.78 is 34.9. The number of halogens is 3. The Morgan fingerprint density at radius 1 is 0.851 bits per heavy atom. The summed E-state index contributed by atoms with van der Waals surface area (Å²) in [5.41, 5.74) is 1.26. The second kappa shape index (κ2) is 16.4. The lowest BCUT2D eigenvalue weighted by Gasteiger charge is -2.34. The molecule has 1 atom stereocenters. The minimum Gasteiger partial charge on any atom is -0.495 e. The lowest BCUT2D eigenvalue weighted by molar-refractivity contribution is -0.140. The first-order valence-electron chi connectivity index (χ1n) is 14.9. The van der Waals surface area contributed by atoms with Crippen LogP contribution in [-0.4, -0.2) is 51.4 Å². The lowest BCUT2D eigenvalue weighted by Crippen LogP contribution is -2.53. The van der Waals surface area contributed by atoms with Crippen LogP contribution in [0.5, 0.6) is 5.75 Å². The molecule has 4 rings (SSSR count). The molecular weight excluding hydrogens is 681 g/mol. The summed E-state index contributed by atoms with van der Waals surface area (Å²) in [6, 6.07) is 25.4. The number of hydrogen-bond donors (Lipinski definition) is 1. The molecule has 0 aliphatic rings. The number of anilines is 1. The largest absolute Gasteiger partial charge is 0.495 e. The van der Waals surface area contributed by atoms with E-state index in [0.29, 0.717) is 22.2 Å². The van der Waals surface area contributed by atoms with E-state index in [-0.39, 0.29) is 40.2 Å². The summed E-state index contributed by atoms with van der Waals surface area (Å²) in [4.78, 5) is 29.9. The quantitative estimate of drug-likeness (QED) is 0.148. The highest BCUT2D eigenvalue weighted by atomic mass is 35.5. The maximum atomic E-state index is 14.7. The van der Waals surface area contributed by atoms with Gasteiger partial charge < -0.3 is 15.0 Å². The topological polar surface area (TPSA) is 96.0 Å².